The third-order valence-corrected chi connectivity index (χ3v) is 1.97. The second-order valence-electron chi connectivity index (χ2n) is 4.73. The lowest BCUT2D eigenvalue weighted by Gasteiger charge is -2.13. The summed E-state index contributed by atoms with van der Waals surface area (Å²) >= 11 is 0. The monoisotopic (exact) mass is 189 g/mol. The molecule has 0 saturated heterocycles. The van der Waals surface area contributed by atoms with Gasteiger partial charge in [-0.1, -0.05) is 51.1 Å². The molecule has 0 spiro atoms. The second kappa shape index (κ2) is 4.41. The van der Waals surface area contributed by atoms with Gasteiger partial charge in [0.2, 0.25) is 0 Å². The smallest absolute Gasteiger partial charge is 0.0717 e. The van der Waals surface area contributed by atoms with Gasteiger partial charge in [-0.15, -0.1) is 0 Å². The van der Waals surface area contributed by atoms with Gasteiger partial charge in [0.1, 0.15) is 0 Å². The maximum Gasteiger partial charge on any atom is 0.0717 e. The van der Waals surface area contributed by atoms with Gasteiger partial charge < -0.3 is 0 Å². The Balaban J connectivity index is 2.69. The molecule has 0 unspecified atom stereocenters. The van der Waals surface area contributed by atoms with Crippen LogP contribution in [0.25, 0.3) is 0 Å². The number of aliphatic imine (C=N–C) groups is 1. The predicted molar refractivity (Wildman–Crippen MR) is 62.8 cm³/mol. The molecule has 0 saturated carbocycles. The quantitative estimate of drug-likeness (QED) is 0.626. The first kappa shape index (κ1) is 11.0. The van der Waals surface area contributed by atoms with Crippen LogP contribution in [0.5, 0.6) is 0 Å². The van der Waals surface area contributed by atoms with Gasteiger partial charge in [-0.25, -0.2) is 0 Å². The zero-order valence-electron chi connectivity index (χ0n) is 9.49. The first-order chi connectivity index (χ1) is 6.49. The molecule has 1 atom stereocenters. The summed E-state index contributed by atoms with van der Waals surface area (Å²) in [6.07, 6.45) is 2.03. The van der Waals surface area contributed by atoms with E-state index in [1.165, 1.54) is 5.56 Å². The minimum Gasteiger partial charge on any atom is -0.289 e. The van der Waals surface area contributed by atoms with Crippen LogP contribution in [0.3, 0.4) is 0 Å². The minimum atomic E-state index is 0.170. The third kappa shape index (κ3) is 3.73. The summed E-state index contributed by atoms with van der Waals surface area (Å²) in [7, 11) is 0. The molecule has 1 aromatic rings. The summed E-state index contributed by atoms with van der Waals surface area (Å²) in [4.78, 5) is 4.54. The normalized spacial score (nSPS) is 14.6. The van der Waals surface area contributed by atoms with Crippen molar-refractivity contribution < 1.29 is 0 Å². The highest BCUT2D eigenvalue weighted by molar-refractivity contribution is 5.64. The van der Waals surface area contributed by atoms with Crippen molar-refractivity contribution in [2.75, 3.05) is 0 Å². The second-order valence-corrected chi connectivity index (χ2v) is 4.73. The molecule has 0 bridgehead atoms. The van der Waals surface area contributed by atoms with Crippen LogP contribution in [-0.4, -0.2) is 6.21 Å². The van der Waals surface area contributed by atoms with Crippen LogP contribution < -0.4 is 0 Å². The van der Waals surface area contributed by atoms with Gasteiger partial charge in [-0.05, 0) is 17.9 Å². The molecule has 0 N–H and O–H groups in total. The molecule has 0 aliphatic carbocycles. The zero-order valence-corrected chi connectivity index (χ0v) is 9.49. The number of hydrogen-bond acceptors (Lipinski definition) is 1. The molecular weight excluding hydrogens is 170 g/mol. The van der Waals surface area contributed by atoms with Gasteiger partial charge >= 0.3 is 0 Å². The highest BCUT2D eigenvalue weighted by atomic mass is 14.8. The summed E-state index contributed by atoms with van der Waals surface area (Å²) in [5.41, 5.74) is 1.44. The molecule has 0 aliphatic heterocycles. The van der Waals surface area contributed by atoms with Gasteiger partial charge in [0.25, 0.3) is 0 Å². The maximum absolute atomic E-state index is 4.54. The van der Waals surface area contributed by atoms with Crippen molar-refractivity contribution in [1.29, 1.82) is 0 Å². The maximum atomic E-state index is 4.54. The van der Waals surface area contributed by atoms with E-state index in [4.69, 9.17) is 0 Å². The van der Waals surface area contributed by atoms with E-state index in [9.17, 15) is 0 Å². The van der Waals surface area contributed by atoms with Crippen molar-refractivity contribution in [2.45, 2.75) is 33.7 Å². The van der Waals surface area contributed by atoms with Gasteiger partial charge in [0, 0.05) is 6.21 Å². The molecule has 76 valence electrons. The van der Waals surface area contributed by atoms with E-state index in [0.717, 1.165) is 0 Å². The summed E-state index contributed by atoms with van der Waals surface area (Å²) in [5.74, 6) is 0. The standard InChI is InChI=1S/C13H19N/c1-11(14-10-13(2,3)4)12-8-6-5-7-9-12/h5-11H,1-4H3/b14-10+/t11-/m1/s1. The van der Waals surface area contributed by atoms with E-state index in [1.54, 1.807) is 0 Å². The summed E-state index contributed by atoms with van der Waals surface area (Å²) in [6, 6.07) is 10.6. The molecule has 0 radical (unpaired) electrons. The summed E-state index contributed by atoms with van der Waals surface area (Å²) in [5, 5.41) is 0. The van der Waals surface area contributed by atoms with Crippen LogP contribution in [0.4, 0.5) is 0 Å². The Morgan fingerprint density at radius 2 is 1.71 bits per heavy atom. The molecule has 1 heteroatoms. The SMILES string of the molecule is C[C@@H](/N=C/C(C)(C)C)c1ccccc1. The fourth-order valence-corrected chi connectivity index (χ4v) is 1.15. The van der Waals surface area contributed by atoms with Crippen molar-refractivity contribution in [3.63, 3.8) is 0 Å². The Hall–Kier alpha value is -1.11. The average Bonchev–Trinajstić information content (AvgIpc) is 2.14. The molecule has 1 nitrogen and oxygen atoms in total. The molecule has 14 heavy (non-hydrogen) atoms. The van der Waals surface area contributed by atoms with Crippen LogP contribution >= 0.6 is 0 Å². The summed E-state index contributed by atoms with van der Waals surface area (Å²) in [6.45, 7) is 8.61. The van der Waals surface area contributed by atoms with E-state index in [2.05, 4.69) is 57.0 Å². The van der Waals surface area contributed by atoms with Crippen LogP contribution in [0.2, 0.25) is 0 Å². The fourth-order valence-electron chi connectivity index (χ4n) is 1.15. The van der Waals surface area contributed by atoms with E-state index in [0.29, 0.717) is 0 Å². The molecule has 1 aromatic carbocycles. The lowest BCUT2D eigenvalue weighted by molar-refractivity contribution is 0.599. The van der Waals surface area contributed by atoms with E-state index in [-0.39, 0.29) is 11.5 Å². The Labute approximate surface area is 86.9 Å². The van der Waals surface area contributed by atoms with Crippen LogP contribution in [0, 0.1) is 5.41 Å². The van der Waals surface area contributed by atoms with Crippen LogP contribution in [0.1, 0.15) is 39.3 Å². The van der Waals surface area contributed by atoms with Crippen molar-refractivity contribution in [2.24, 2.45) is 10.4 Å². The van der Waals surface area contributed by atoms with Crippen molar-refractivity contribution in [3.8, 4) is 0 Å². The van der Waals surface area contributed by atoms with Gasteiger partial charge in [-0.3, -0.25) is 4.99 Å². The van der Waals surface area contributed by atoms with Gasteiger partial charge in [-0.2, -0.15) is 0 Å². The van der Waals surface area contributed by atoms with E-state index >= 15 is 0 Å². The molecular formula is C13H19N. The molecule has 0 aliphatic rings. The Bertz CT molecular complexity index is 293. The highest BCUT2D eigenvalue weighted by Crippen LogP contribution is 2.17. The number of rotatable bonds is 2. The lowest BCUT2D eigenvalue weighted by atomic mass is 9.99. The topological polar surface area (TPSA) is 12.4 Å². The van der Waals surface area contributed by atoms with Crippen molar-refractivity contribution in [1.82, 2.24) is 0 Å². The number of benzene rings is 1. The average molecular weight is 189 g/mol. The summed E-state index contributed by atoms with van der Waals surface area (Å²) < 4.78 is 0. The molecule has 0 fully saturated rings. The lowest BCUT2D eigenvalue weighted by Crippen LogP contribution is -2.07. The zero-order chi connectivity index (χ0) is 10.6. The van der Waals surface area contributed by atoms with Gasteiger partial charge in [0.05, 0.1) is 6.04 Å². The van der Waals surface area contributed by atoms with Crippen LogP contribution in [-0.2, 0) is 0 Å². The first-order valence-electron chi connectivity index (χ1n) is 5.08. The number of nitrogens with zero attached hydrogens (tertiary/aromatic N) is 1. The minimum absolute atomic E-state index is 0.170. The molecule has 0 amide bonds. The van der Waals surface area contributed by atoms with Gasteiger partial charge in [0.15, 0.2) is 0 Å². The Morgan fingerprint density at radius 1 is 1.14 bits per heavy atom. The van der Waals surface area contributed by atoms with E-state index < -0.39 is 0 Å². The molecule has 0 heterocycles. The van der Waals surface area contributed by atoms with Crippen molar-refractivity contribution >= 4 is 6.21 Å². The fraction of sp³-hybridized carbons (Fsp3) is 0.462. The Morgan fingerprint density at radius 3 is 2.21 bits per heavy atom. The van der Waals surface area contributed by atoms with E-state index in [1.807, 2.05) is 12.3 Å². The molecule has 1 rings (SSSR count). The Kier molecular flexibility index (Phi) is 3.45. The first-order valence-corrected chi connectivity index (χ1v) is 5.08. The van der Waals surface area contributed by atoms with Crippen molar-refractivity contribution in [3.05, 3.63) is 35.9 Å². The highest BCUT2D eigenvalue weighted by Gasteiger charge is 2.07. The largest absolute Gasteiger partial charge is 0.289 e. The number of hydrogen-bond donors (Lipinski definition) is 0. The van der Waals surface area contributed by atoms with Crippen LogP contribution in [0.15, 0.2) is 35.3 Å². The predicted octanol–water partition coefficient (Wildman–Crippen LogP) is 3.86. The third-order valence-electron chi connectivity index (χ3n) is 1.97. The molecule has 0 aromatic heterocycles.